The Morgan fingerprint density at radius 2 is 0.864 bits per heavy atom. The van der Waals surface area contributed by atoms with Crippen molar-refractivity contribution in [3.05, 3.63) is 71.8 Å². The standard InChI is InChI=1S/C34H42N2O8/c1-39-27-19-23(20-28(40-2)33(27)43-5)11-7-9-13-31(37)35-25-15-17-26(18-16-25)36-32(38)14-10-8-12-24-21-29(41-3)34(44-6)30(22-24)42-4/h7-14,19-22,25-26H,15-18H2,1-6H3,(H,35,37)(H,36,38)/b11-7+,12-8+,13-9+,14-10+. The van der Waals surface area contributed by atoms with Crippen LogP contribution in [0.15, 0.2) is 60.7 Å². The first-order valence-corrected chi connectivity index (χ1v) is 14.3. The normalized spacial score (nSPS) is 16.8. The van der Waals surface area contributed by atoms with Crippen LogP contribution < -0.4 is 39.1 Å². The van der Waals surface area contributed by atoms with Crippen LogP contribution in [0.3, 0.4) is 0 Å². The molecule has 0 radical (unpaired) electrons. The summed E-state index contributed by atoms with van der Waals surface area (Å²) in [5, 5.41) is 6.09. The number of methoxy groups -OCH3 is 6. The van der Waals surface area contributed by atoms with Crippen molar-refractivity contribution >= 4 is 24.0 Å². The van der Waals surface area contributed by atoms with E-state index in [4.69, 9.17) is 28.4 Å². The first kappa shape index (κ1) is 33.6. The number of benzene rings is 2. The van der Waals surface area contributed by atoms with Gasteiger partial charge in [0.1, 0.15) is 0 Å². The summed E-state index contributed by atoms with van der Waals surface area (Å²) < 4.78 is 32.2. The summed E-state index contributed by atoms with van der Waals surface area (Å²) in [5.74, 6) is 2.95. The molecule has 0 atom stereocenters. The predicted molar refractivity (Wildman–Crippen MR) is 171 cm³/mol. The molecule has 1 aliphatic carbocycles. The van der Waals surface area contributed by atoms with Crippen molar-refractivity contribution in [3.8, 4) is 34.5 Å². The van der Waals surface area contributed by atoms with Crippen molar-refractivity contribution in [3.63, 3.8) is 0 Å². The number of hydrogen-bond donors (Lipinski definition) is 2. The fourth-order valence-electron chi connectivity index (χ4n) is 4.90. The minimum atomic E-state index is -0.158. The molecule has 44 heavy (non-hydrogen) atoms. The molecule has 0 aliphatic heterocycles. The number of ether oxygens (including phenoxy) is 6. The highest BCUT2D eigenvalue weighted by molar-refractivity contribution is 5.88. The van der Waals surface area contributed by atoms with Crippen molar-refractivity contribution in [2.45, 2.75) is 37.8 Å². The molecule has 3 rings (SSSR count). The molecule has 10 heteroatoms. The third-order valence-electron chi connectivity index (χ3n) is 7.09. The van der Waals surface area contributed by atoms with Crippen LogP contribution in [0, 0.1) is 0 Å². The molecular formula is C34H42N2O8. The molecule has 1 fully saturated rings. The quantitative estimate of drug-likeness (QED) is 0.225. The van der Waals surface area contributed by atoms with Crippen molar-refractivity contribution in [1.29, 1.82) is 0 Å². The summed E-state index contributed by atoms with van der Waals surface area (Å²) >= 11 is 0. The zero-order valence-corrected chi connectivity index (χ0v) is 26.2. The van der Waals surface area contributed by atoms with Gasteiger partial charge in [-0.2, -0.15) is 0 Å². The zero-order valence-electron chi connectivity index (χ0n) is 26.2. The molecule has 0 bridgehead atoms. The molecule has 2 N–H and O–H groups in total. The Morgan fingerprint density at radius 1 is 0.545 bits per heavy atom. The predicted octanol–water partition coefficient (Wildman–Crippen LogP) is 5.12. The maximum atomic E-state index is 12.4. The SMILES string of the molecule is COc1cc(/C=C/C=C/C(=O)NC2CCC(NC(=O)/C=C/C=C/c3cc(OC)c(OC)c(OC)c3)CC2)cc(OC)c1OC. The number of amides is 2. The first-order valence-electron chi connectivity index (χ1n) is 14.3. The highest BCUT2D eigenvalue weighted by Gasteiger charge is 2.22. The van der Waals surface area contributed by atoms with Crippen LogP contribution in [0.5, 0.6) is 34.5 Å². The Bertz CT molecular complexity index is 1230. The van der Waals surface area contributed by atoms with Gasteiger partial charge in [-0.3, -0.25) is 9.59 Å². The van der Waals surface area contributed by atoms with Gasteiger partial charge in [0, 0.05) is 24.2 Å². The minimum absolute atomic E-state index is 0.0661. The van der Waals surface area contributed by atoms with Gasteiger partial charge in [-0.05, 0) is 61.1 Å². The van der Waals surface area contributed by atoms with E-state index in [1.807, 2.05) is 36.4 Å². The zero-order chi connectivity index (χ0) is 31.9. The van der Waals surface area contributed by atoms with Crippen molar-refractivity contribution in [1.82, 2.24) is 10.6 Å². The monoisotopic (exact) mass is 606 g/mol. The van der Waals surface area contributed by atoms with E-state index >= 15 is 0 Å². The van der Waals surface area contributed by atoms with Crippen LogP contribution in [0.1, 0.15) is 36.8 Å². The van der Waals surface area contributed by atoms with Crippen LogP contribution in [0.25, 0.3) is 12.2 Å². The molecule has 0 spiro atoms. The molecule has 0 unspecified atom stereocenters. The lowest BCUT2D eigenvalue weighted by Gasteiger charge is -2.29. The number of nitrogens with one attached hydrogen (secondary N) is 2. The van der Waals surface area contributed by atoms with E-state index in [-0.39, 0.29) is 23.9 Å². The van der Waals surface area contributed by atoms with Crippen LogP contribution in [-0.4, -0.2) is 66.6 Å². The van der Waals surface area contributed by atoms with Gasteiger partial charge < -0.3 is 39.1 Å². The fraction of sp³-hybridized carbons (Fsp3) is 0.353. The van der Waals surface area contributed by atoms with E-state index in [0.29, 0.717) is 34.5 Å². The lowest BCUT2D eigenvalue weighted by molar-refractivity contribution is -0.119. The van der Waals surface area contributed by atoms with Gasteiger partial charge >= 0.3 is 0 Å². The summed E-state index contributed by atoms with van der Waals surface area (Å²) in [6.45, 7) is 0. The summed E-state index contributed by atoms with van der Waals surface area (Å²) in [7, 11) is 9.36. The maximum absolute atomic E-state index is 12.4. The minimum Gasteiger partial charge on any atom is -0.493 e. The van der Waals surface area contributed by atoms with Crippen LogP contribution in [0.4, 0.5) is 0 Å². The Labute approximate surface area is 259 Å². The average Bonchev–Trinajstić information content (AvgIpc) is 3.04. The number of hydrogen-bond acceptors (Lipinski definition) is 8. The molecule has 0 aromatic heterocycles. The Kier molecular flexibility index (Phi) is 13.2. The van der Waals surface area contributed by atoms with Gasteiger partial charge in [-0.15, -0.1) is 0 Å². The van der Waals surface area contributed by atoms with Gasteiger partial charge in [-0.1, -0.05) is 36.5 Å². The maximum Gasteiger partial charge on any atom is 0.244 e. The summed E-state index contributed by atoms with van der Waals surface area (Å²) in [5.41, 5.74) is 1.68. The van der Waals surface area contributed by atoms with Crippen LogP contribution in [-0.2, 0) is 9.59 Å². The molecule has 236 valence electrons. The number of rotatable bonds is 14. The van der Waals surface area contributed by atoms with Crippen molar-refractivity contribution in [2.24, 2.45) is 0 Å². The molecule has 2 aromatic rings. The summed E-state index contributed by atoms with van der Waals surface area (Å²) in [6.07, 6.45) is 16.8. The van der Waals surface area contributed by atoms with E-state index in [9.17, 15) is 9.59 Å². The third-order valence-corrected chi connectivity index (χ3v) is 7.09. The van der Waals surface area contributed by atoms with Crippen molar-refractivity contribution in [2.75, 3.05) is 42.7 Å². The Balaban J connectivity index is 1.42. The fourth-order valence-corrected chi connectivity index (χ4v) is 4.90. The van der Waals surface area contributed by atoms with Gasteiger partial charge in [0.15, 0.2) is 23.0 Å². The van der Waals surface area contributed by atoms with Gasteiger partial charge in [0.2, 0.25) is 23.3 Å². The Hall–Kier alpha value is -4.86. The Morgan fingerprint density at radius 3 is 1.14 bits per heavy atom. The average molecular weight is 607 g/mol. The van der Waals surface area contributed by atoms with E-state index in [1.165, 1.54) is 12.2 Å². The summed E-state index contributed by atoms with van der Waals surface area (Å²) in [6, 6.07) is 7.44. The molecular weight excluding hydrogens is 564 g/mol. The highest BCUT2D eigenvalue weighted by Crippen LogP contribution is 2.39. The van der Waals surface area contributed by atoms with E-state index in [2.05, 4.69) is 10.6 Å². The molecule has 2 amide bonds. The van der Waals surface area contributed by atoms with Crippen LogP contribution >= 0.6 is 0 Å². The van der Waals surface area contributed by atoms with E-state index < -0.39 is 0 Å². The molecule has 10 nitrogen and oxygen atoms in total. The largest absolute Gasteiger partial charge is 0.493 e. The topological polar surface area (TPSA) is 114 Å². The summed E-state index contributed by atoms with van der Waals surface area (Å²) in [4.78, 5) is 24.9. The molecule has 1 aliphatic rings. The smallest absolute Gasteiger partial charge is 0.244 e. The first-order chi connectivity index (χ1) is 21.3. The van der Waals surface area contributed by atoms with Crippen molar-refractivity contribution < 1.29 is 38.0 Å². The third kappa shape index (κ3) is 9.58. The number of allylic oxidation sites excluding steroid dienone is 4. The lowest BCUT2D eigenvalue weighted by Crippen LogP contribution is -2.43. The van der Waals surface area contributed by atoms with Gasteiger partial charge in [0.05, 0.1) is 42.7 Å². The van der Waals surface area contributed by atoms with Gasteiger partial charge in [0.25, 0.3) is 0 Å². The highest BCUT2D eigenvalue weighted by atomic mass is 16.5. The van der Waals surface area contributed by atoms with Crippen LogP contribution in [0.2, 0.25) is 0 Å². The molecule has 0 saturated heterocycles. The van der Waals surface area contributed by atoms with E-state index in [0.717, 1.165) is 36.8 Å². The second-order valence-corrected chi connectivity index (χ2v) is 9.92. The molecule has 2 aromatic carbocycles. The lowest BCUT2D eigenvalue weighted by atomic mass is 9.91. The van der Waals surface area contributed by atoms with Gasteiger partial charge in [-0.25, -0.2) is 0 Å². The van der Waals surface area contributed by atoms with E-state index in [1.54, 1.807) is 67.0 Å². The second kappa shape index (κ2) is 17.3. The second-order valence-electron chi connectivity index (χ2n) is 9.92. The number of carbonyl (C=O) groups excluding carboxylic acids is 2. The number of carbonyl (C=O) groups is 2. The molecule has 0 heterocycles. The molecule has 1 saturated carbocycles.